The van der Waals surface area contributed by atoms with Gasteiger partial charge < -0.3 is 4.42 Å². The van der Waals surface area contributed by atoms with Crippen molar-refractivity contribution in [3.05, 3.63) is 59.0 Å². The molecular formula is C15H17ClO. The molecule has 0 fully saturated rings. The van der Waals surface area contributed by atoms with Crippen LogP contribution in [-0.2, 0) is 12.8 Å². The van der Waals surface area contributed by atoms with Gasteiger partial charge in [0.05, 0.1) is 5.38 Å². The normalized spacial score (nSPS) is 12.6. The van der Waals surface area contributed by atoms with Crippen molar-refractivity contribution in [3.63, 3.8) is 0 Å². The highest BCUT2D eigenvalue weighted by atomic mass is 35.5. The van der Waals surface area contributed by atoms with Crippen LogP contribution in [0.3, 0.4) is 0 Å². The molecule has 0 aliphatic carbocycles. The summed E-state index contributed by atoms with van der Waals surface area (Å²) in [5.74, 6) is 1.86. The number of aryl methyl sites for hydroxylation is 2. The Morgan fingerprint density at radius 1 is 1.12 bits per heavy atom. The predicted octanol–water partition coefficient (Wildman–Crippen LogP) is 4.67. The predicted molar refractivity (Wildman–Crippen MR) is 71.6 cm³/mol. The van der Waals surface area contributed by atoms with Crippen LogP contribution in [0.4, 0.5) is 0 Å². The molecule has 0 aliphatic rings. The van der Waals surface area contributed by atoms with Gasteiger partial charge in [0.1, 0.15) is 11.5 Å². The third-order valence-corrected chi connectivity index (χ3v) is 3.24. The first kappa shape index (κ1) is 12.3. The zero-order valence-corrected chi connectivity index (χ0v) is 11.0. The van der Waals surface area contributed by atoms with E-state index in [-0.39, 0.29) is 5.38 Å². The minimum Gasteiger partial charge on any atom is -0.465 e. The van der Waals surface area contributed by atoms with Crippen LogP contribution in [-0.4, -0.2) is 0 Å². The molecule has 0 spiro atoms. The summed E-state index contributed by atoms with van der Waals surface area (Å²) < 4.78 is 5.66. The van der Waals surface area contributed by atoms with Gasteiger partial charge >= 0.3 is 0 Å². The molecule has 2 heteroatoms. The maximum Gasteiger partial charge on any atom is 0.122 e. The van der Waals surface area contributed by atoms with Crippen molar-refractivity contribution in [2.24, 2.45) is 0 Å². The smallest absolute Gasteiger partial charge is 0.122 e. The topological polar surface area (TPSA) is 13.1 Å². The maximum absolute atomic E-state index is 6.36. The van der Waals surface area contributed by atoms with E-state index < -0.39 is 0 Å². The summed E-state index contributed by atoms with van der Waals surface area (Å²) in [4.78, 5) is 0. The monoisotopic (exact) mass is 248 g/mol. The summed E-state index contributed by atoms with van der Waals surface area (Å²) in [5.41, 5.74) is 2.51. The van der Waals surface area contributed by atoms with E-state index >= 15 is 0 Å². The first-order valence-corrected chi connectivity index (χ1v) is 6.41. The van der Waals surface area contributed by atoms with Crippen molar-refractivity contribution in [1.82, 2.24) is 0 Å². The van der Waals surface area contributed by atoms with Crippen LogP contribution < -0.4 is 0 Å². The molecule has 17 heavy (non-hydrogen) atoms. The van der Waals surface area contributed by atoms with Crippen molar-refractivity contribution >= 4 is 11.6 Å². The van der Waals surface area contributed by atoms with Crippen molar-refractivity contribution in [3.8, 4) is 0 Å². The van der Waals surface area contributed by atoms with Gasteiger partial charge in [-0.1, -0.05) is 36.8 Å². The van der Waals surface area contributed by atoms with Gasteiger partial charge in [-0.15, -0.1) is 11.6 Å². The molecule has 1 unspecified atom stereocenters. The number of alkyl halides is 1. The van der Waals surface area contributed by atoms with Gasteiger partial charge in [0.15, 0.2) is 0 Å². The van der Waals surface area contributed by atoms with E-state index in [1.807, 2.05) is 12.1 Å². The molecule has 90 valence electrons. The summed E-state index contributed by atoms with van der Waals surface area (Å²) in [6.45, 7) is 4.16. The Bertz CT molecular complexity index is 470. The summed E-state index contributed by atoms with van der Waals surface area (Å²) in [7, 11) is 0. The zero-order valence-electron chi connectivity index (χ0n) is 10.2. The van der Waals surface area contributed by atoms with E-state index in [0.717, 1.165) is 24.4 Å². The highest BCUT2D eigenvalue weighted by Crippen LogP contribution is 2.27. The fraction of sp³-hybridized carbons (Fsp3) is 0.333. The van der Waals surface area contributed by atoms with Gasteiger partial charge in [-0.05, 0) is 31.0 Å². The Labute approximate surface area is 107 Å². The number of hydrogen-bond donors (Lipinski definition) is 0. The molecule has 1 aromatic carbocycles. The highest BCUT2D eigenvalue weighted by molar-refractivity contribution is 6.20. The lowest BCUT2D eigenvalue weighted by Gasteiger charge is -2.07. The maximum atomic E-state index is 6.36. The molecule has 1 heterocycles. The van der Waals surface area contributed by atoms with E-state index in [9.17, 15) is 0 Å². The fourth-order valence-electron chi connectivity index (χ4n) is 1.78. The van der Waals surface area contributed by atoms with Crippen LogP contribution in [0.5, 0.6) is 0 Å². The SMILES string of the molecule is CCc1ccc(C(Cl)Cc2ccc(C)cc2)o1. The fourth-order valence-corrected chi connectivity index (χ4v) is 2.08. The van der Waals surface area contributed by atoms with E-state index in [0.29, 0.717) is 0 Å². The number of benzene rings is 1. The van der Waals surface area contributed by atoms with Gasteiger partial charge in [-0.25, -0.2) is 0 Å². The van der Waals surface area contributed by atoms with Crippen molar-refractivity contribution < 1.29 is 4.42 Å². The first-order valence-electron chi connectivity index (χ1n) is 5.97. The number of hydrogen-bond acceptors (Lipinski definition) is 1. The van der Waals surface area contributed by atoms with E-state index in [1.165, 1.54) is 11.1 Å². The highest BCUT2D eigenvalue weighted by Gasteiger charge is 2.13. The van der Waals surface area contributed by atoms with Gasteiger partial charge in [0.25, 0.3) is 0 Å². The van der Waals surface area contributed by atoms with Crippen molar-refractivity contribution in [2.75, 3.05) is 0 Å². The van der Waals surface area contributed by atoms with Gasteiger partial charge in [0, 0.05) is 6.42 Å². The minimum absolute atomic E-state index is 0.0852. The van der Waals surface area contributed by atoms with Crippen LogP contribution in [0.1, 0.15) is 34.9 Å². The van der Waals surface area contributed by atoms with Crippen LogP contribution in [0.25, 0.3) is 0 Å². The zero-order chi connectivity index (χ0) is 12.3. The molecule has 0 bridgehead atoms. The average Bonchev–Trinajstić information content (AvgIpc) is 2.81. The van der Waals surface area contributed by atoms with E-state index in [2.05, 4.69) is 38.1 Å². The first-order chi connectivity index (χ1) is 8.19. The van der Waals surface area contributed by atoms with Crippen LogP contribution in [0.15, 0.2) is 40.8 Å². The summed E-state index contributed by atoms with van der Waals surface area (Å²) in [5, 5.41) is -0.0852. The third kappa shape index (κ3) is 3.13. The molecule has 0 saturated heterocycles. The molecule has 0 aliphatic heterocycles. The van der Waals surface area contributed by atoms with Crippen LogP contribution in [0.2, 0.25) is 0 Å². The molecule has 1 nitrogen and oxygen atoms in total. The van der Waals surface area contributed by atoms with Gasteiger partial charge in [-0.2, -0.15) is 0 Å². The van der Waals surface area contributed by atoms with Gasteiger partial charge in [0.2, 0.25) is 0 Å². The second-order valence-corrected chi connectivity index (χ2v) is 4.84. The second kappa shape index (κ2) is 5.42. The minimum atomic E-state index is -0.0852. The molecule has 2 rings (SSSR count). The Morgan fingerprint density at radius 2 is 1.82 bits per heavy atom. The summed E-state index contributed by atoms with van der Waals surface area (Å²) >= 11 is 6.36. The van der Waals surface area contributed by atoms with E-state index in [1.54, 1.807) is 0 Å². The summed E-state index contributed by atoms with van der Waals surface area (Å²) in [6.07, 6.45) is 1.71. The second-order valence-electron chi connectivity index (χ2n) is 4.31. The lowest BCUT2D eigenvalue weighted by atomic mass is 10.1. The number of rotatable bonds is 4. The Morgan fingerprint density at radius 3 is 2.41 bits per heavy atom. The van der Waals surface area contributed by atoms with Crippen molar-refractivity contribution in [1.29, 1.82) is 0 Å². The standard InChI is InChI=1S/C15H17ClO/c1-3-13-8-9-15(17-13)14(16)10-12-6-4-11(2)5-7-12/h4-9,14H,3,10H2,1-2H3. The lowest BCUT2D eigenvalue weighted by Crippen LogP contribution is -1.94. The molecule has 0 N–H and O–H groups in total. The average molecular weight is 249 g/mol. The summed E-state index contributed by atoms with van der Waals surface area (Å²) in [6, 6.07) is 12.4. The molecule has 1 atom stereocenters. The number of halogens is 1. The van der Waals surface area contributed by atoms with Crippen LogP contribution in [0, 0.1) is 6.92 Å². The molecule has 0 radical (unpaired) electrons. The third-order valence-electron chi connectivity index (χ3n) is 2.88. The van der Waals surface area contributed by atoms with Crippen molar-refractivity contribution in [2.45, 2.75) is 32.1 Å². The molecule has 1 aromatic heterocycles. The molecule has 2 aromatic rings. The Hall–Kier alpha value is -1.21. The Kier molecular flexibility index (Phi) is 3.90. The van der Waals surface area contributed by atoms with E-state index in [4.69, 9.17) is 16.0 Å². The van der Waals surface area contributed by atoms with Gasteiger partial charge in [-0.3, -0.25) is 0 Å². The Balaban J connectivity index is 2.05. The largest absolute Gasteiger partial charge is 0.465 e. The molecule has 0 saturated carbocycles. The molecule has 0 amide bonds. The number of furan rings is 1. The lowest BCUT2D eigenvalue weighted by molar-refractivity contribution is 0.464. The molecular weight excluding hydrogens is 232 g/mol. The quantitative estimate of drug-likeness (QED) is 0.717. The van der Waals surface area contributed by atoms with Crippen LogP contribution >= 0.6 is 11.6 Å².